The van der Waals surface area contributed by atoms with Gasteiger partial charge in [0.1, 0.15) is 11.9 Å². The lowest BCUT2D eigenvalue weighted by Crippen LogP contribution is -2.29. The lowest BCUT2D eigenvalue weighted by molar-refractivity contribution is 0.0209. The van der Waals surface area contributed by atoms with Crippen molar-refractivity contribution in [3.8, 4) is 11.8 Å². The Bertz CT molecular complexity index is 450. The maximum absolute atomic E-state index is 8.89. The number of hydrogen-bond acceptors (Lipinski definition) is 3. The summed E-state index contributed by atoms with van der Waals surface area (Å²) in [5.74, 6) is 0.855. The monoisotopic (exact) mass is 245 g/mol. The normalized spacial score (nSPS) is 23.4. The van der Waals surface area contributed by atoms with Gasteiger partial charge in [-0.3, -0.25) is 0 Å². The first-order valence-corrected chi connectivity index (χ1v) is 6.43. The van der Waals surface area contributed by atoms with Gasteiger partial charge in [-0.25, -0.2) is 0 Å². The molecule has 1 aliphatic rings. The van der Waals surface area contributed by atoms with Crippen LogP contribution in [0.4, 0.5) is 0 Å². The van der Waals surface area contributed by atoms with Gasteiger partial charge >= 0.3 is 0 Å². The molecule has 1 aromatic rings. The molecule has 0 saturated heterocycles. The van der Waals surface area contributed by atoms with Crippen molar-refractivity contribution < 1.29 is 9.47 Å². The molecule has 0 bridgehead atoms. The van der Waals surface area contributed by atoms with Gasteiger partial charge in [0.15, 0.2) is 0 Å². The Kier molecular flexibility index (Phi) is 4.22. The van der Waals surface area contributed by atoms with Crippen molar-refractivity contribution in [3.05, 3.63) is 29.3 Å². The highest BCUT2D eigenvalue weighted by Gasteiger charge is 2.23. The van der Waals surface area contributed by atoms with Crippen molar-refractivity contribution in [2.24, 2.45) is 0 Å². The van der Waals surface area contributed by atoms with E-state index in [1.807, 2.05) is 25.1 Å². The summed E-state index contributed by atoms with van der Waals surface area (Å²) in [5.41, 5.74) is 1.68. The minimum atomic E-state index is 0.232. The first-order valence-electron chi connectivity index (χ1n) is 6.43. The molecular formula is C15H19NO2. The van der Waals surface area contributed by atoms with Crippen LogP contribution in [0.3, 0.4) is 0 Å². The van der Waals surface area contributed by atoms with Gasteiger partial charge < -0.3 is 9.47 Å². The number of methoxy groups -OCH3 is 1. The molecule has 0 radical (unpaired) electrons. The van der Waals surface area contributed by atoms with Crippen LogP contribution >= 0.6 is 0 Å². The van der Waals surface area contributed by atoms with Crippen molar-refractivity contribution in [1.82, 2.24) is 0 Å². The lowest BCUT2D eigenvalue weighted by atomic mass is 9.95. The minimum absolute atomic E-state index is 0.232. The Morgan fingerprint density at radius 1 is 1.28 bits per heavy atom. The number of nitrogens with zero attached hydrogens (tertiary/aromatic N) is 1. The molecule has 0 heterocycles. The molecule has 1 fully saturated rings. The van der Waals surface area contributed by atoms with Crippen LogP contribution in [-0.4, -0.2) is 19.3 Å². The molecule has 3 heteroatoms. The Morgan fingerprint density at radius 2 is 2.06 bits per heavy atom. The Balaban J connectivity index is 2.01. The second kappa shape index (κ2) is 5.88. The molecule has 0 amide bonds. The summed E-state index contributed by atoms with van der Waals surface area (Å²) < 4.78 is 11.4. The number of rotatable bonds is 3. The van der Waals surface area contributed by atoms with Gasteiger partial charge in [0.05, 0.1) is 17.7 Å². The highest BCUT2D eigenvalue weighted by Crippen LogP contribution is 2.26. The van der Waals surface area contributed by atoms with Gasteiger partial charge in [-0.1, -0.05) is 0 Å². The van der Waals surface area contributed by atoms with Gasteiger partial charge in [0, 0.05) is 13.5 Å². The van der Waals surface area contributed by atoms with Gasteiger partial charge in [-0.15, -0.1) is 0 Å². The summed E-state index contributed by atoms with van der Waals surface area (Å²) in [6.07, 6.45) is 4.87. The fraction of sp³-hybridized carbons (Fsp3) is 0.533. The third-order valence-corrected chi connectivity index (χ3v) is 3.53. The average molecular weight is 245 g/mol. The van der Waals surface area contributed by atoms with E-state index >= 15 is 0 Å². The van der Waals surface area contributed by atoms with Gasteiger partial charge in [0.25, 0.3) is 0 Å². The van der Waals surface area contributed by atoms with Crippen molar-refractivity contribution >= 4 is 0 Å². The van der Waals surface area contributed by atoms with Crippen LogP contribution in [0.1, 0.15) is 36.8 Å². The van der Waals surface area contributed by atoms with E-state index in [-0.39, 0.29) is 6.10 Å². The van der Waals surface area contributed by atoms with Gasteiger partial charge in [-0.05, 0) is 49.9 Å². The zero-order valence-corrected chi connectivity index (χ0v) is 11.0. The van der Waals surface area contributed by atoms with E-state index in [2.05, 4.69) is 6.07 Å². The SMILES string of the molecule is COC1CCCC(Oc2ccc(C#N)c(C)c2)C1. The fourth-order valence-electron chi connectivity index (χ4n) is 2.45. The van der Waals surface area contributed by atoms with Crippen molar-refractivity contribution in [1.29, 1.82) is 5.26 Å². The summed E-state index contributed by atoms with van der Waals surface area (Å²) in [6, 6.07) is 7.80. The van der Waals surface area contributed by atoms with E-state index < -0.39 is 0 Å². The molecule has 0 N–H and O–H groups in total. The van der Waals surface area contributed by atoms with Crippen LogP contribution in [0.15, 0.2) is 18.2 Å². The molecule has 2 rings (SSSR count). The molecule has 2 unspecified atom stereocenters. The van der Waals surface area contributed by atoms with Gasteiger partial charge in [0.2, 0.25) is 0 Å². The summed E-state index contributed by atoms with van der Waals surface area (Å²) >= 11 is 0. The van der Waals surface area contributed by atoms with E-state index in [9.17, 15) is 0 Å². The Morgan fingerprint density at radius 3 is 2.72 bits per heavy atom. The quantitative estimate of drug-likeness (QED) is 0.821. The lowest BCUT2D eigenvalue weighted by Gasteiger charge is -2.28. The van der Waals surface area contributed by atoms with Crippen molar-refractivity contribution in [2.45, 2.75) is 44.8 Å². The van der Waals surface area contributed by atoms with Crippen LogP contribution < -0.4 is 4.74 Å². The molecule has 0 spiro atoms. The first kappa shape index (κ1) is 12.9. The maximum atomic E-state index is 8.89. The van der Waals surface area contributed by atoms with Crippen molar-refractivity contribution in [2.75, 3.05) is 7.11 Å². The molecule has 0 aromatic heterocycles. The molecule has 1 saturated carbocycles. The third-order valence-electron chi connectivity index (χ3n) is 3.53. The van der Waals surface area contributed by atoms with Crippen LogP contribution in [0.25, 0.3) is 0 Å². The Hall–Kier alpha value is -1.53. The first-order chi connectivity index (χ1) is 8.72. The van der Waals surface area contributed by atoms with E-state index in [0.29, 0.717) is 11.7 Å². The summed E-state index contributed by atoms with van der Waals surface area (Å²) in [4.78, 5) is 0. The largest absolute Gasteiger partial charge is 0.490 e. The standard InChI is InChI=1S/C15H19NO2/c1-11-8-15(7-6-12(11)10-16)18-14-5-3-4-13(9-14)17-2/h6-8,13-14H,3-5,9H2,1-2H3. The molecule has 1 aromatic carbocycles. The van der Waals surface area contributed by atoms with Crippen LogP contribution in [0.2, 0.25) is 0 Å². The fourth-order valence-corrected chi connectivity index (χ4v) is 2.45. The molecular weight excluding hydrogens is 226 g/mol. The summed E-state index contributed by atoms with van der Waals surface area (Å²) in [5, 5.41) is 8.89. The molecule has 2 atom stereocenters. The van der Waals surface area contributed by atoms with E-state index in [0.717, 1.165) is 37.0 Å². The van der Waals surface area contributed by atoms with E-state index in [1.165, 1.54) is 0 Å². The molecule has 96 valence electrons. The number of ether oxygens (including phenoxy) is 2. The highest BCUT2D eigenvalue weighted by molar-refractivity contribution is 5.41. The average Bonchev–Trinajstić information content (AvgIpc) is 2.39. The predicted octanol–water partition coefficient (Wildman–Crippen LogP) is 3.20. The second-order valence-corrected chi connectivity index (χ2v) is 4.85. The predicted molar refractivity (Wildman–Crippen MR) is 69.6 cm³/mol. The van der Waals surface area contributed by atoms with Crippen molar-refractivity contribution in [3.63, 3.8) is 0 Å². The van der Waals surface area contributed by atoms with Crippen LogP contribution in [-0.2, 0) is 4.74 Å². The molecule has 18 heavy (non-hydrogen) atoms. The van der Waals surface area contributed by atoms with E-state index in [1.54, 1.807) is 7.11 Å². The molecule has 3 nitrogen and oxygen atoms in total. The highest BCUT2D eigenvalue weighted by atomic mass is 16.5. The second-order valence-electron chi connectivity index (χ2n) is 4.85. The zero-order valence-electron chi connectivity index (χ0n) is 11.0. The van der Waals surface area contributed by atoms with Gasteiger partial charge in [-0.2, -0.15) is 5.26 Å². The van der Waals surface area contributed by atoms with Crippen LogP contribution in [0.5, 0.6) is 5.75 Å². The smallest absolute Gasteiger partial charge is 0.120 e. The number of nitriles is 1. The molecule has 1 aliphatic carbocycles. The number of hydrogen-bond donors (Lipinski definition) is 0. The Labute approximate surface area is 108 Å². The minimum Gasteiger partial charge on any atom is -0.490 e. The number of benzene rings is 1. The third kappa shape index (κ3) is 3.02. The maximum Gasteiger partial charge on any atom is 0.120 e. The summed E-state index contributed by atoms with van der Waals surface area (Å²) in [6.45, 7) is 1.93. The number of aryl methyl sites for hydroxylation is 1. The zero-order chi connectivity index (χ0) is 13.0. The van der Waals surface area contributed by atoms with E-state index in [4.69, 9.17) is 14.7 Å². The summed E-state index contributed by atoms with van der Waals surface area (Å²) in [7, 11) is 1.76. The molecule has 0 aliphatic heterocycles. The van der Waals surface area contributed by atoms with Crippen LogP contribution in [0, 0.1) is 18.3 Å². The topological polar surface area (TPSA) is 42.2 Å².